The highest BCUT2D eigenvalue weighted by Gasteiger charge is 2.23. The van der Waals surface area contributed by atoms with E-state index in [4.69, 9.17) is 18.0 Å². The number of nitrogens with two attached hydrogens (primary N) is 1. The molecule has 1 aromatic rings. The van der Waals surface area contributed by atoms with Crippen LogP contribution in [0.15, 0.2) is 18.2 Å². The highest BCUT2D eigenvalue weighted by Crippen LogP contribution is 2.25. The predicted molar refractivity (Wildman–Crippen MR) is 76.3 cm³/mol. The number of anilines is 1. The minimum Gasteiger partial charge on any atom is -0.389 e. The van der Waals surface area contributed by atoms with Crippen LogP contribution in [0.1, 0.15) is 12.0 Å². The number of carbonyl (C=O) groups excluding carboxylic acids is 1. The Balaban J connectivity index is 2.17. The molecule has 0 aliphatic carbocycles. The molecule has 1 fully saturated rings. The number of hydrogen-bond acceptors (Lipinski definition) is 3. The average Bonchev–Trinajstić information content (AvgIpc) is 2.84. The van der Waals surface area contributed by atoms with Crippen molar-refractivity contribution in [2.75, 3.05) is 16.8 Å². The van der Waals surface area contributed by atoms with E-state index in [0.29, 0.717) is 11.3 Å². The second-order valence-corrected chi connectivity index (χ2v) is 5.69. The summed E-state index contributed by atoms with van der Waals surface area (Å²) in [7, 11) is 0. The zero-order valence-corrected chi connectivity index (χ0v) is 11.2. The Morgan fingerprint density at radius 3 is 2.94 bits per heavy atom. The van der Waals surface area contributed by atoms with Crippen LogP contribution >= 0.6 is 24.0 Å². The Morgan fingerprint density at radius 2 is 2.33 bits per heavy atom. The van der Waals surface area contributed by atoms with E-state index in [9.17, 15) is 9.18 Å². The van der Waals surface area contributed by atoms with Crippen LogP contribution in [0.2, 0.25) is 0 Å². The number of halogens is 1. The molecule has 1 heterocycles. The van der Waals surface area contributed by atoms with Crippen molar-refractivity contribution in [1.82, 2.24) is 0 Å². The lowest BCUT2D eigenvalue weighted by molar-refractivity contribution is -0.119. The number of nitrogens with one attached hydrogen (secondary N) is 1. The summed E-state index contributed by atoms with van der Waals surface area (Å²) in [6, 6.07) is 4.01. The van der Waals surface area contributed by atoms with Crippen LogP contribution in [-0.4, -0.2) is 22.4 Å². The van der Waals surface area contributed by atoms with Gasteiger partial charge in [-0.05, 0) is 30.4 Å². The van der Waals surface area contributed by atoms with Gasteiger partial charge in [-0.1, -0.05) is 12.2 Å². The van der Waals surface area contributed by atoms with E-state index >= 15 is 0 Å². The number of amides is 1. The summed E-state index contributed by atoms with van der Waals surface area (Å²) in [6.45, 7) is 0. The molecule has 2 rings (SSSR count). The van der Waals surface area contributed by atoms with Gasteiger partial charge in [-0.25, -0.2) is 4.39 Å². The third-order valence-electron chi connectivity index (χ3n) is 2.81. The van der Waals surface area contributed by atoms with E-state index in [1.54, 1.807) is 11.8 Å². The van der Waals surface area contributed by atoms with Gasteiger partial charge in [0, 0.05) is 17.2 Å². The number of hydrogen-bond donors (Lipinski definition) is 2. The molecule has 1 aromatic carbocycles. The van der Waals surface area contributed by atoms with E-state index in [2.05, 4.69) is 5.32 Å². The molecule has 1 aliphatic rings. The van der Waals surface area contributed by atoms with Crippen LogP contribution in [-0.2, 0) is 4.79 Å². The van der Waals surface area contributed by atoms with E-state index in [-0.39, 0.29) is 16.8 Å². The third kappa shape index (κ3) is 3.00. The fourth-order valence-electron chi connectivity index (χ4n) is 1.81. The highest BCUT2D eigenvalue weighted by atomic mass is 32.2. The molecular formula is C12H13FN2OS2. The Kier molecular flexibility index (Phi) is 4.19. The van der Waals surface area contributed by atoms with Gasteiger partial charge in [-0.15, -0.1) is 0 Å². The van der Waals surface area contributed by atoms with E-state index in [0.717, 1.165) is 17.9 Å². The monoisotopic (exact) mass is 284 g/mol. The van der Waals surface area contributed by atoms with Gasteiger partial charge in [0.05, 0.1) is 5.69 Å². The molecule has 0 spiro atoms. The van der Waals surface area contributed by atoms with Crippen molar-refractivity contribution in [3.63, 3.8) is 0 Å². The number of thiocarbonyl (C=S) groups is 1. The first-order chi connectivity index (χ1) is 8.58. The number of thioether (sulfide) groups is 1. The summed E-state index contributed by atoms with van der Waals surface area (Å²) < 4.78 is 13.1. The molecule has 0 saturated carbocycles. The third-order valence-corrected chi connectivity index (χ3v) is 4.19. The first-order valence-electron chi connectivity index (χ1n) is 5.56. The molecule has 6 heteroatoms. The Labute approximate surface area is 114 Å². The molecule has 3 N–H and O–H groups in total. The summed E-state index contributed by atoms with van der Waals surface area (Å²) in [4.78, 5) is 12.0. The maximum Gasteiger partial charge on any atom is 0.228 e. The van der Waals surface area contributed by atoms with Crippen LogP contribution in [0.5, 0.6) is 0 Å². The van der Waals surface area contributed by atoms with Crippen molar-refractivity contribution in [3.05, 3.63) is 29.6 Å². The lowest BCUT2D eigenvalue weighted by Gasteiger charge is -2.13. The number of benzene rings is 1. The van der Waals surface area contributed by atoms with Crippen LogP contribution in [0, 0.1) is 11.7 Å². The van der Waals surface area contributed by atoms with Gasteiger partial charge in [-0.2, -0.15) is 11.8 Å². The van der Waals surface area contributed by atoms with Crippen molar-refractivity contribution in [3.8, 4) is 0 Å². The van der Waals surface area contributed by atoms with Gasteiger partial charge in [0.1, 0.15) is 10.8 Å². The van der Waals surface area contributed by atoms with Gasteiger partial charge in [0.25, 0.3) is 0 Å². The van der Waals surface area contributed by atoms with Crippen LogP contribution in [0.25, 0.3) is 0 Å². The number of rotatable bonds is 3. The van der Waals surface area contributed by atoms with Crippen molar-refractivity contribution < 1.29 is 9.18 Å². The van der Waals surface area contributed by atoms with Crippen LogP contribution in [0.4, 0.5) is 10.1 Å². The molecule has 0 bridgehead atoms. The van der Waals surface area contributed by atoms with Gasteiger partial charge >= 0.3 is 0 Å². The predicted octanol–water partition coefficient (Wildman–Crippen LogP) is 2.15. The molecule has 1 aliphatic heterocycles. The molecule has 18 heavy (non-hydrogen) atoms. The SMILES string of the molecule is NC(=S)c1cc(F)ccc1NC(=O)C1CCSC1. The Bertz CT molecular complexity index is 487. The topological polar surface area (TPSA) is 55.1 Å². The average molecular weight is 284 g/mol. The maximum absolute atomic E-state index is 13.1. The van der Waals surface area contributed by atoms with Crippen molar-refractivity contribution in [2.45, 2.75) is 6.42 Å². The molecular weight excluding hydrogens is 271 g/mol. The second-order valence-electron chi connectivity index (χ2n) is 4.10. The van der Waals surface area contributed by atoms with Crippen molar-refractivity contribution in [2.24, 2.45) is 11.7 Å². The summed E-state index contributed by atoms with van der Waals surface area (Å²) in [5.41, 5.74) is 6.36. The van der Waals surface area contributed by atoms with Gasteiger partial charge in [-0.3, -0.25) is 4.79 Å². The quantitative estimate of drug-likeness (QED) is 0.835. The minimum atomic E-state index is -0.424. The largest absolute Gasteiger partial charge is 0.389 e. The van der Waals surface area contributed by atoms with Crippen molar-refractivity contribution >= 4 is 40.6 Å². The van der Waals surface area contributed by atoms with Gasteiger partial charge in [0.2, 0.25) is 5.91 Å². The number of carbonyl (C=O) groups is 1. The summed E-state index contributed by atoms with van der Waals surface area (Å²) in [5.74, 6) is 1.37. The van der Waals surface area contributed by atoms with Crippen LogP contribution in [0.3, 0.4) is 0 Å². The zero-order valence-electron chi connectivity index (χ0n) is 9.61. The van der Waals surface area contributed by atoms with E-state index < -0.39 is 5.82 Å². The first-order valence-corrected chi connectivity index (χ1v) is 7.12. The van der Waals surface area contributed by atoms with Crippen molar-refractivity contribution in [1.29, 1.82) is 0 Å². The Hall–Kier alpha value is -1.14. The lowest BCUT2D eigenvalue weighted by atomic mass is 10.1. The van der Waals surface area contributed by atoms with Gasteiger partial charge in [0.15, 0.2) is 0 Å². The van der Waals surface area contributed by atoms with E-state index in [1.165, 1.54) is 18.2 Å². The Morgan fingerprint density at radius 1 is 1.56 bits per heavy atom. The second kappa shape index (κ2) is 5.67. The van der Waals surface area contributed by atoms with Crippen LogP contribution < -0.4 is 11.1 Å². The summed E-state index contributed by atoms with van der Waals surface area (Å²) in [5, 5.41) is 2.77. The summed E-state index contributed by atoms with van der Waals surface area (Å²) >= 11 is 6.62. The smallest absolute Gasteiger partial charge is 0.228 e. The lowest BCUT2D eigenvalue weighted by Crippen LogP contribution is -2.24. The maximum atomic E-state index is 13.1. The van der Waals surface area contributed by atoms with E-state index in [1.807, 2.05) is 0 Å². The summed E-state index contributed by atoms with van der Waals surface area (Å²) in [6.07, 6.45) is 0.875. The molecule has 0 aromatic heterocycles. The fourth-order valence-corrected chi connectivity index (χ4v) is 3.19. The molecule has 96 valence electrons. The molecule has 1 saturated heterocycles. The molecule has 1 amide bonds. The normalized spacial score (nSPS) is 18.6. The first kappa shape index (κ1) is 13.3. The standard InChI is InChI=1S/C12H13FN2OS2/c13-8-1-2-10(9(5-8)11(14)17)15-12(16)7-3-4-18-6-7/h1-2,5,7H,3-4,6H2,(H2,14,17)(H,15,16). The zero-order chi connectivity index (χ0) is 13.1. The molecule has 0 radical (unpaired) electrons. The minimum absolute atomic E-state index is 0.0132. The fraction of sp³-hybridized carbons (Fsp3) is 0.333. The molecule has 1 atom stereocenters. The molecule has 3 nitrogen and oxygen atoms in total. The highest BCUT2D eigenvalue weighted by molar-refractivity contribution is 7.99. The van der Waals surface area contributed by atoms with Gasteiger partial charge < -0.3 is 11.1 Å². The molecule has 1 unspecified atom stereocenters.